The fourth-order valence-corrected chi connectivity index (χ4v) is 1.03. The molecular formula is C10H8N2O2. The normalized spacial score (nSPS) is 21.1. The third kappa shape index (κ3) is 1.64. The Labute approximate surface area is 84.8 Å². The van der Waals surface area contributed by atoms with Gasteiger partial charge in [0.2, 0.25) is 0 Å². The lowest BCUT2D eigenvalue weighted by Crippen LogP contribution is -2.22. The lowest BCUT2D eigenvalue weighted by Gasteiger charge is -1.94. The lowest BCUT2D eigenvalue weighted by atomic mass is 10.2. The smallest absolute Gasteiger partial charge is 0.303 e. The van der Waals surface area contributed by atoms with Gasteiger partial charge in [0.25, 0.3) is 5.91 Å². The molecule has 1 fully saturated rings. The molecule has 0 unspecified atom stereocenters. The number of rotatable bonds is 1. The standard InChI is InChI=1S/C10H8N2O2/c13-9-8(11-10(14)12-9)6-7-4-2-1-3-5-7/h1-6H,(H2,11,12,13,14)/b8-6-/i1D,2+1,3+1,4D,5D. The zero-order chi connectivity index (χ0) is 12.6. The van der Waals surface area contributed by atoms with Crippen LogP contribution in [0.4, 0.5) is 4.79 Å². The van der Waals surface area contributed by atoms with Crippen LogP contribution in [0.3, 0.4) is 0 Å². The van der Waals surface area contributed by atoms with Crippen LogP contribution < -0.4 is 10.6 Å². The highest BCUT2D eigenvalue weighted by molar-refractivity contribution is 6.13. The molecule has 0 bridgehead atoms. The fourth-order valence-electron chi connectivity index (χ4n) is 1.03. The quantitative estimate of drug-likeness (QED) is 0.513. The van der Waals surface area contributed by atoms with Crippen LogP contribution in [0.2, 0.25) is 0 Å². The summed E-state index contributed by atoms with van der Waals surface area (Å²) in [6.45, 7) is 0. The predicted molar refractivity (Wildman–Crippen MR) is 51.1 cm³/mol. The summed E-state index contributed by atoms with van der Waals surface area (Å²) >= 11 is 0. The molecule has 14 heavy (non-hydrogen) atoms. The first-order valence-corrected chi connectivity index (χ1v) is 3.89. The van der Waals surface area contributed by atoms with Crippen molar-refractivity contribution in [2.24, 2.45) is 0 Å². The first-order valence-electron chi connectivity index (χ1n) is 5.39. The minimum atomic E-state index is -0.628. The number of carbonyl (C=O) groups is 2. The highest BCUT2D eigenvalue weighted by Crippen LogP contribution is 2.06. The van der Waals surface area contributed by atoms with Crippen LogP contribution in [0, 0.1) is 0 Å². The Kier molecular flexibility index (Phi) is 1.33. The summed E-state index contributed by atoms with van der Waals surface area (Å²) < 4.78 is 22.5. The van der Waals surface area contributed by atoms with E-state index in [9.17, 15) is 9.59 Å². The Morgan fingerprint density at radius 1 is 1.21 bits per heavy atom. The van der Waals surface area contributed by atoms with Gasteiger partial charge in [-0.2, -0.15) is 0 Å². The summed E-state index contributed by atoms with van der Waals surface area (Å²) in [6.07, 6.45) is 1.25. The topological polar surface area (TPSA) is 58.2 Å². The number of amides is 3. The van der Waals surface area contributed by atoms with Crippen LogP contribution in [-0.2, 0) is 4.79 Å². The SMILES string of the molecule is [2H]c1[13cH]c([2H])c(/C=C2\NC(=O)NC2=O)c([2H])[13cH]1. The summed E-state index contributed by atoms with van der Waals surface area (Å²) in [4.78, 5) is 22.1. The molecule has 70 valence electrons. The maximum Gasteiger partial charge on any atom is 0.326 e. The Balaban J connectivity index is 2.46. The number of hydrogen-bond acceptors (Lipinski definition) is 2. The zero-order valence-corrected chi connectivity index (χ0v) is 7.05. The molecule has 1 saturated heterocycles. The van der Waals surface area contributed by atoms with Crippen molar-refractivity contribution >= 4 is 18.0 Å². The third-order valence-corrected chi connectivity index (χ3v) is 1.63. The van der Waals surface area contributed by atoms with E-state index in [-0.39, 0.29) is 29.4 Å². The van der Waals surface area contributed by atoms with Crippen molar-refractivity contribution in [3.05, 3.63) is 41.5 Å². The van der Waals surface area contributed by atoms with Crippen LogP contribution in [0.15, 0.2) is 36.0 Å². The van der Waals surface area contributed by atoms with E-state index in [1.165, 1.54) is 18.2 Å². The molecule has 4 nitrogen and oxygen atoms in total. The largest absolute Gasteiger partial charge is 0.326 e. The summed E-state index contributed by atoms with van der Waals surface area (Å²) in [7, 11) is 0. The van der Waals surface area contributed by atoms with Gasteiger partial charge in [-0.3, -0.25) is 10.1 Å². The molecule has 2 rings (SSSR count). The van der Waals surface area contributed by atoms with Crippen LogP contribution >= 0.6 is 0 Å². The van der Waals surface area contributed by atoms with E-state index in [0.29, 0.717) is 0 Å². The number of imide groups is 1. The van der Waals surface area contributed by atoms with Crippen molar-refractivity contribution in [1.29, 1.82) is 0 Å². The van der Waals surface area contributed by atoms with Crippen molar-refractivity contribution in [3.63, 3.8) is 0 Å². The summed E-state index contributed by atoms with van der Waals surface area (Å²) in [5, 5.41) is 4.29. The number of nitrogens with one attached hydrogen (secondary N) is 2. The highest BCUT2D eigenvalue weighted by Gasteiger charge is 2.22. The Bertz CT molecular complexity index is 531. The van der Waals surface area contributed by atoms with E-state index < -0.39 is 11.9 Å². The van der Waals surface area contributed by atoms with Gasteiger partial charge < -0.3 is 5.32 Å². The van der Waals surface area contributed by atoms with E-state index >= 15 is 0 Å². The Morgan fingerprint density at radius 2 is 1.93 bits per heavy atom. The van der Waals surface area contributed by atoms with Gasteiger partial charge in [0.15, 0.2) is 0 Å². The van der Waals surface area contributed by atoms with E-state index in [1.807, 2.05) is 5.32 Å². The van der Waals surface area contributed by atoms with Crippen molar-refractivity contribution in [1.82, 2.24) is 10.6 Å². The second-order valence-electron chi connectivity index (χ2n) is 2.62. The molecule has 0 aromatic heterocycles. The molecule has 2 N–H and O–H groups in total. The van der Waals surface area contributed by atoms with Gasteiger partial charge in [-0.1, -0.05) is 30.3 Å². The van der Waals surface area contributed by atoms with E-state index in [0.717, 1.165) is 0 Å². The Hall–Kier alpha value is -2.10. The molecule has 1 aliphatic rings. The zero-order valence-electron chi connectivity index (χ0n) is 10.0. The molecule has 1 aromatic rings. The van der Waals surface area contributed by atoms with E-state index in [4.69, 9.17) is 4.11 Å². The molecule has 3 amide bonds. The third-order valence-electron chi connectivity index (χ3n) is 1.63. The summed E-state index contributed by atoms with van der Waals surface area (Å²) in [5.74, 6) is -0.594. The highest BCUT2D eigenvalue weighted by atomic mass is 16.2. The Morgan fingerprint density at radius 3 is 2.50 bits per heavy atom. The number of benzene rings is 1. The van der Waals surface area contributed by atoms with Crippen molar-refractivity contribution < 1.29 is 13.7 Å². The monoisotopic (exact) mass is 193 g/mol. The van der Waals surface area contributed by atoms with Crippen molar-refractivity contribution in [2.75, 3.05) is 0 Å². The van der Waals surface area contributed by atoms with Crippen LogP contribution in [0.25, 0.3) is 6.08 Å². The van der Waals surface area contributed by atoms with Gasteiger partial charge in [0.1, 0.15) is 5.70 Å². The van der Waals surface area contributed by atoms with Gasteiger partial charge in [0.05, 0.1) is 4.11 Å². The van der Waals surface area contributed by atoms with E-state index in [2.05, 4.69) is 5.32 Å². The first kappa shape index (κ1) is 5.59. The molecular weight excluding hydrogens is 182 g/mol. The first-order chi connectivity index (χ1) is 7.97. The van der Waals surface area contributed by atoms with Gasteiger partial charge in [-0.05, 0) is 11.6 Å². The van der Waals surface area contributed by atoms with Gasteiger partial charge in [0, 0.05) is 0 Å². The van der Waals surface area contributed by atoms with Crippen LogP contribution in [-0.4, -0.2) is 11.9 Å². The molecule has 0 saturated carbocycles. The minimum Gasteiger partial charge on any atom is -0.303 e. The van der Waals surface area contributed by atoms with E-state index in [1.54, 1.807) is 0 Å². The maximum absolute atomic E-state index is 11.3. The average molecular weight is 193 g/mol. The number of hydrogen-bond donors (Lipinski definition) is 2. The fraction of sp³-hybridized carbons (Fsp3) is 0. The van der Waals surface area contributed by atoms with Crippen molar-refractivity contribution in [3.8, 4) is 0 Å². The lowest BCUT2D eigenvalue weighted by molar-refractivity contribution is -0.115. The predicted octanol–water partition coefficient (Wildman–Crippen LogP) is 0.867. The summed E-state index contributed by atoms with van der Waals surface area (Å²) in [6, 6.07) is 1.88. The second-order valence-corrected chi connectivity index (χ2v) is 2.62. The molecule has 0 aliphatic carbocycles. The molecule has 0 spiro atoms. The molecule has 0 radical (unpaired) electrons. The second kappa shape index (κ2) is 3.33. The number of carbonyl (C=O) groups excluding carboxylic acids is 2. The maximum atomic E-state index is 11.3. The summed E-state index contributed by atoms with van der Waals surface area (Å²) in [5.41, 5.74) is 0.183. The van der Waals surface area contributed by atoms with Gasteiger partial charge in [-0.15, -0.1) is 0 Å². The molecule has 1 heterocycles. The molecule has 4 heteroatoms. The molecule has 1 aromatic carbocycles. The van der Waals surface area contributed by atoms with Crippen molar-refractivity contribution in [2.45, 2.75) is 0 Å². The minimum absolute atomic E-state index is 0.00488. The molecule has 0 atom stereocenters. The van der Waals surface area contributed by atoms with Gasteiger partial charge >= 0.3 is 6.03 Å². The number of urea groups is 1. The van der Waals surface area contributed by atoms with Crippen LogP contribution in [0.1, 0.15) is 9.68 Å². The van der Waals surface area contributed by atoms with Crippen LogP contribution in [0.5, 0.6) is 0 Å². The van der Waals surface area contributed by atoms with Gasteiger partial charge in [-0.25, -0.2) is 4.79 Å². The molecule has 1 aliphatic heterocycles. The average Bonchev–Trinajstić information content (AvgIpc) is 2.51.